The molecule has 1 N–H and O–H groups in total. The van der Waals surface area contributed by atoms with Crippen molar-refractivity contribution in [2.24, 2.45) is 0 Å². The fourth-order valence-electron chi connectivity index (χ4n) is 1.35. The lowest BCUT2D eigenvalue weighted by Gasteiger charge is -2.10. The van der Waals surface area contributed by atoms with Gasteiger partial charge in [0.15, 0.2) is 0 Å². The van der Waals surface area contributed by atoms with E-state index < -0.39 is 0 Å². The average Bonchev–Trinajstić information content (AvgIpc) is 2.57. The second-order valence-electron chi connectivity index (χ2n) is 3.23. The van der Waals surface area contributed by atoms with E-state index in [1.165, 1.54) is 17.9 Å². The molecule has 1 aliphatic heterocycles. The van der Waals surface area contributed by atoms with E-state index in [0.29, 0.717) is 6.04 Å². The van der Waals surface area contributed by atoms with Gasteiger partial charge in [0.1, 0.15) is 0 Å². The molecule has 1 aromatic rings. The standard InChI is InChI=1S/C9H13N3S/c1-7-2-4-10-9(11-7)12-8-3-5-13-6-8/h2,4,8H,3,5-6H2,1H3,(H,10,11,12). The van der Waals surface area contributed by atoms with E-state index in [9.17, 15) is 0 Å². The van der Waals surface area contributed by atoms with E-state index in [0.717, 1.165) is 11.6 Å². The minimum absolute atomic E-state index is 0.562. The molecule has 1 atom stereocenters. The highest BCUT2D eigenvalue weighted by molar-refractivity contribution is 7.99. The Labute approximate surface area is 82.4 Å². The van der Waals surface area contributed by atoms with Crippen molar-refractivity contribution in [1.29, 1.82) is 0 Å². The van der Waals surface area contributed by atoms with Gasteiger partial charge in [-0.05, 0) is 25.2 Å². The highest BCUT2D eigenvalue weighted by Gasteiger charge is 2.15. The Balaban J connectivity index is 2.00. The van der Waals surface area contributed by atoms with Crippen molar-refractivity contribution in [1.82, 2.24) is 9.97 Å². The topological polar surface area (TPSA) is 37.8 Å². The molecule has 1 aliphatic rings. The summed E-state index contributed by atoms with van der Waals surface area (Å²) in [5.41, 5.74) is 1.02. The van der Waals surface area contributed by atoms with E-state index in [1.54, 1.807) is 6.20 Å². The number of anilines is 1. The van der Waals surface area contributed by atoms with Gasteiger partial charge >= 0.3 is 0 Å². The SMILES string of the molecule is Cc1ccnc(NC2CCSC2)n1. The van der Waals surface area contributed by atoms with Gasteiger partial charge < -0.3 is 5.32 Å². The van der Waals surface area contributed by atoms with Crippen LogP contribution in [0.4, 0.5) is 5.95 Å². The number of hydrogen-bond acceptors (Lipinski definition) is 4. The lowest BCUT2D eigenvalue weighted by atomic mass is 10.3. The maximum atomic E-state index is 4.31. The molecule has 13 heavy (non-hydrogen) atoms. The Morgan fingerprint density at radius 1 is 1.62 bits per heavy atom. The summed E-state index contributed by atoms with van der Waals surface area (Å²) in [6.07, 6.45) is 3.02. The molecule has 1 saturated heterocycles. The van der Waals surface area contributed by atoms with Crippen molar-refractivity contribution in [2.45, 2.75) is 19.4 Å². The summed E-state index contributed by atoms with van der Waals surface area (Å²) >= 11 is 1.99. The van der Waals surface area contributed by atoms with Crippen LogP contribution in [0, 0.1) is 6.92 Å². The summed E-state index contributed by atoms with van der Waals surface area (Å²) in [6.45, 7) is 1.98. The molecule has 2 rings (SSSR count). The second kappa shape index (κ2) is 3.96. The number of thioether (sulfide) groups is 1. The van der Waals surface area contributed by atoms with Crippen LogP contribution in [0.5, 0.6) is 0 Å². The van der Waals surface area contributed by atoms with Crippen molar-refractivity contribution in [2.75, 3.05) is 16.8 Å². The molecule has 1 fully saturated rings. The van der Waals surface area contributed by atoms with Crippen LogP contribution in [0.15, 0.2) is 12.3 Å². The van der Waals surface area contributed by atoms with Crippen molar-refractivity contribution >= 4 is 17.7 Å². The van der Waals surface area contributed by atoms with E-state index in [-0.39, 0.29) is 0 Å². The first-order valence-corrected chi connectivity index (χ1v) is 5.64. The van der Waals surface area contributed by atoms with Crippen LogP contribution in [0.2, 0.25) is 0 Å². The normalized spacial score (nSPS) is 21.8. The molecule has 0 aliphatic carbocycles. The second-order valence-corrected chi connectivity index (χ2v) is 4.38. The third-order valence-electron chi connectivity index (χ3n) is 2.06. The number of aromatic nitrogens is 2. The molecule has 0 radical (unpaired) electrons. The molecule has 70 valence electrons. The van der Waals surface area contributed by atoms with Crippen LogP contribution in [0.1, 0.15) is 12.1 Å². The van der Waals surface area contributed by atoms with Crippen molar-refractivity contribution < 1.29 is 0 Å². The van der Waals surface area contributed by atoms with Gasteiger partial charge in [0, 0.05) is 23.7 Å². The monoisotopic (exact) mass is 195 g/mol. The number of hydrogen-bond donors (Lipinski definition) is 1. The van der Waals surface area contributed by atoms with Crippen LogP contribution in [-0.2, 0) is 0 Å². The molecule has 0 amide bonds. The molecule has 1 aromatic heterocycles. The van der Waals surface area contributed by atoms with Crippen LogP contribution in [-0.4, -0.2) is 27.5 Å². The van der Waals surface area contributed by atoms with Crippen molar-refractivity contribution in [3.8, 4) is 0 Å². The number of nitrogens with zero attached hydrogens (tertiary/aromatic N) is 2. The van der Waals surface area contributed by atoms with E-state index in [1.807, 2.05) is 24.8 Å². The lowest BCUT2D eigenvalue weighted by molar-refractivity contribution is 0.796. The quantitative estimate of drug-likeness (QED) is 0.779. The summed E-state index contributed by atoms with van der Waals surface area (Å²) in [7, 11) is 0. The van der Waals surface area contributed by atoms with Crippen LogP contribution in [0.3, 0.4) is 0 Å². The highest BCUT2D eigenvalue weighted by atomic mass is 32.2. The smallest absolute Gasteiger partial charge is 0.223 e. The predicted molar refractivity (Wildman–Crippen MR) is 56.1 cm³/mol. The van der Waals surface area contributed by atoms with Gasteiger partial charge in [0.25, 0.3) is 0 Å². The Morgan fingerprint density at radius 2 is 2.54 bits per heavy atom. The van der Waals surface area contributed by atoms with Gasteiger partial charge in [-0.15, -0.1) is 0 Å². The molecule has 3 nitrogen and oxygen atoms in total. The highest BCUT2D eigenvalue weighted by Crippen LogP contribution is 2.19. The van der Waals surface area contributed by atoms with Gasteiger partial charge in [-0.25, -0.2) is 9.97 Å². The van der Waals surface area contributed by atoms with E-state index in [2.05, 4.69) is 15.3 Å². The first-order valence-electron chi connectivity index (χ1n) is 4.48. The Bertz CT molecular complexity index is 284. The Hall–Kier alpha value is -0.770. The zero-order chi connectivity index (χ0) is 9.10. The predicted octanol–water partition coefficient (Wildman–Crippen LogP) is 1.70. The fraction of sp³-hybridized carbons (Fsp3) is 0.556. The van der Waals surface area contributed by atoms with Crippen molar-refractivity contribution in [3.05, 3.63) is 18.0 Å². The Kier molecular flexibility index (Phi) is 2.68. The molecule has 2 heterocycles. The molecule has 0 bridgehead atoms. The van der Waals surface area contributed by atoms with Gasteiger partial charge in [-0.2, -0.15) is 11.8 Å². The van der Waals surface area contributed by atoms with Gasteiger partial charge in [0.2, 0.25) is 5.95 Å². The zero-order valence-electron chi connectivity index (χ0n) is 7.66. The third-order valence-corrected chi connectivity index (χ3v) is 3.22. The third kappa shape index (κ3) is 2.34. The van der Waals surface area contributed by atoms with Crippen molar-refractivity contribution in [3.63, 3.8) is 0 Å². The van der Waals surface area contributed by atoms with Gasteiger partial charge in [-0.1, -0.05) is 0 Å². The number of nitrogens with one attached hydrogen (secondary N) is 1. The number of rotatable bonds is 2. The summed E-state index contributed by atoms with van der Waals surface area (Å²) in [6, 6.07) is 2.47. The summed E-state index contributed by atoms with van der Waals surface area (Å²) in [5.74, 6) is 3.20. The first kappa shape index (κ1) is 8.81. The largest absolute Gasteiger partial charge is 0.351 e. The van der Waals surface area contributed by atoms with Crippen LogP contribution in [0.25, 0.3) is 0 Å². The minimum atomic E-state index is 0.562. The fourth-order valence-corrected chi connectivity index (χ4v) is 2.50. The summed E-state index contributed by atoms with van der Waals surface area (Å²) in [5, 5.41) is 3.34. The molecule has 0 spiro atoms. The molecule has 0 saturated carbocycles. The van der Waals surface area contributed by atoms with Crippen LogP contribution >= 0.6 is 11.8 Å². The average molecular weight is 195 g/mol. The van der Waals surface area contributed by atoms with Crippen LogP contribution < -0.4 is 5.32 Å². The number of aryl methyl sites for hydroxylation is 1. The zero-order valence-corrected chi connectivity index (χ0v) is 8.47. The molecular formula is C9H13N3S. The maximum Gasteiger partial charge on any atom is 0.223 e. The molecular weight excluding hydrogens is 182 g/mol. The lowest BCUT2D eigenvalue weighted by Crippen LogP contribution is -2.19. The molecule has 1 unspecified atom stereocenters. The summed E-state index contributed by atoms with van der Waals surface area (Å²) < 4.78 is 0. The minimum Gasteiger partial charge on any atom is -0.351 e. The first-order chi connectivity index (χ1) is 6.34. The molecule has 0 aromatic carbocycles. The Morgan fingerprint density at radius 3 is 3.23 bits per heavy atom. The van der Waals surface area contributed by atoms with Gasteiger partial charge in [0.05, 0.1) is 0 Å². The van der Waals surface area contributed by atoms with Gasteiger partial charge in [-0.3, -0.25) is 0 Å². The maximum absolute atomic E-state index is 4.31. The van der Waals surface area contributed by atoms with E-state index in [4.69, 9.17) is 0 Å². The molecule has 4 heteroatoms. The summed E-state index contributed by atoms with van der Waals surface area (Å²) in [4.78, 5) is 8.48. The van der Waals surface area contributed by atoms with E-state index >= 15 is 0 Å².